The average Bonchev–Trinajstić information content (AvgIpc) is 3.00. The quantitative estimate of drug-likeness (QED) is 0.188. The fourth-order valence-electron chi connectivity index (χ4n) is 4.55. The number of nitrogens with zero attached hydrogens (tertiary/aromatic N) is 2. The molecule has 7 heteroatoms. The van der Waals surface area contributed by atoms with E-state index < -0.39 is 18.0 Å². The zero-order chi connectivity index (χ0) is 29.6. The number of carbonyl (C=O) groups is 2. The highest BCUT2D eigenvalue weighted by Gasteiger charge is 2.23. The van der Waals surface area contributed by atoms with Crippen LogP contribution < -0.4 is 10.1 Å². The van der Waals surface area contributed by atoms with Gasteiger partial charge in [0.2, 0.25) is 0 Å². The van der Waals surface area contributed by atoms with Crippen LogP contribution in [0.1, 0.15) is 41.8 Å². The van der Waals surface area contributed by atoms with E-state index in [-0.39, 0.29) is 0 Å². The number of nitrogens with one attached hydrogen (secondary N) is 1. The lowest BCUT2D eigenvalue weighted by Crippen LogP contribution is -2.32. The number of aromatic nitrogens is 2. The van der Waals surface area contributed by atoms with Crippen LogP contribution in [0.4, 0.5) is 5.69 Å². The SMILES string of the molecule is CCOc1ccc(NC(=O)C(CC)OC(=O)c2ccc3nc(-c4ccc(C)cc4)c(-c4ccc(C)cc4)nc3c2)cc1. The normalized spacial score (nSPS) is 11.6. The van der Waals surface area contributed by atoms with Crippen molar-refractivity contribution in [2.45, 2.75) is 40.2 Å². The first-order valence-corrected chi connectivity index (χ1v) is 14.0. The topological polar surface area (TPSA) is 90.4 Å². The predicted octanol–water partition coefficient (Wildman–Crippen LogP) is 7.55. The highest BCUT2D eigenvalue weighted by molar-refractivity contribution is 5.99. The molecule has 0 aliphatic heterocycles. The number of hydrogen-bond donors (Lipinski definition) is 1. The van der Waals surface area contributed by atoms with Crippen LogP contribution in [0.5, 0.6) is 5.75 Å². The van der Waals surface area contributed by atoms with E-state index in [4.69, 9.17) is 19.4 Å². The van der Waals surface area contributed by atoms with Gasteiger partial charge >= 0.3 is 5.97 Å². The maximum Gasteiger partial charge on any atom is 0.338 e. The summed E-state index contributed by atoms with van der Waals surface area (Å²) in [6, 6.07) is 28.4. The Morgan fingerprint density at radius 2 is 1.31 bits per heavy atom. The van der Waals surface area contributed by atoms with Gasteiger partial charge in [0.25, 0.3) is 5.91 Å². The van der Waals surface area contributed by atoms with Gasteiger partial charge in [-0.2, -0.15) is 0 Å². The highest BCUT2D eigenvalue weighted by atomic mass is 16.5. The molecular weight excluding hydrogens is 526 g/mol. The molecule has 5 rings (SSSR count). The van der Waals surface area contributed by atoms with E-state index >= 15 is 0 Å². The summed E-state index contributed by atoms with van der Waals surface area (Å²) in [5.41, 5.74) is 7.76. The van der Waals surface area contributed by atoms with Gasteiger partial charge < -0.3 is 14.8 Å². The standard InChI is InChI=1S/C35H33N3O4/c1-5-31(34(39)36-27-16-18-28(19-17-27)41-6-2)42-35(40)26-15-20-29-30(21-26)38-33(25-13-9-23(4)10-14-25)32(37-29)24-11-7-22(3)8-12-24/h7-21,31H,5-6H2,1-4H3,(H,36,39). The number of aryl methyl sites for hydroxylation is 2. The number of fused-ring (bicyclic) bond motifs is 1. The van der Waals surface area contributed by atoms with E-state index in [9.17, 15) is 9.59 Å². The molecule has 0 saturated carbocycles. The number of benzene rings is 4. The zero-order valence-electron chi connectivity index (χ0n) is 24.2. The summed E-state index contributed by atoms with van der Waals surface area (Å²) in [6.07, 6.45) is -0.641. The van der Waals surface area contributed by atoms with Crippen molar-refractivity contribution in [2.24, 2.45) is 0 Å². The molecular formula is C35H33N3O4. The van der Waals surface area contributed by atoms with E-state index in [1.807, 2.05) is 57.2 Å². The fraction of sp³-hybridized carbons (Fsp3) is 0.200. The number of rotatable bonds is 9. The lowest BCUT2D eigenvalue weighted by Gasteiger charge is -2.17. The molecule has 42 heavy (non-hydrogen) atoms. The smallest absolute Gasteiger partial charge is 0.338 e. The lowest BCUT2D eigenvalue weighted by molar-refractivity contribution is -0.124. The van der Waals surface area contributed by atoms with Crippen molar-refractivity contribution in [1.29, 1.82) is 0 Å². The first-order chi connectivity index (χ1) is 20.3. The first kappa shape index (κ1) is 28.5. The number of hydrogen-bond acceptors (Lipinski definition) is 6. The average molecular weight is 560 g/mol. The lowest BCUT2D eigenvalue weighted by atomic mass is 10.0. The van der Waals surface area contributed by atoms with Crippen LogP contribution in [-0.2, 0) is 9.53 Å². The molecule has 1 atom stereocenters. The number of esters is 1. The molecule has 0 bridgehead atoms. The molecule has 0 radical (unpaired) electrons. The van der Waals surface area contributed by atoms with E-state index in [2.05, 4.69) is 17.4 Å². The van der Waals surface area contributed by atoms with Gasteiger partial charge in [0, 0.05) is 16.8 Å². The summed E-state index contributed by atoms with van der Waals surface area (Å²) < 4.78 is 11.1. The van der Waals surface area contributed by atoms with Gasteiger partial charge in [0.05, 0.1) is 34.6 Å². The van der Waals surface area contributed by atoms with Crippen molar-refractivity contribution in [3.63, 3.8) is 0 Å². The van der Waals surface area contributed by atoms with Gasteiger partial charge in [-0.15, -0.1) is 0 Å². The molecule has 7 nitrogen and oxygen atoms in total. The Bertz CT molecular complexity index is 1710. The highest BCUT2D eigenvalue weighted by Crippen LogP contribution is 2.32. The minimum absolute atomic E-state index is 0.294. The maximum absolute atomic E-state index is 13.2. The molecule has 1 unspecified atom stereocenters. The number of ether oxygens (including phenoxy) is 2. The molecule has 4 aromatic carbocycles. The van der Waals surface area contributed by atoms with Crippen LogP contribution >= 0.6 is 0 Å². The predicted molar refractivity (Wildman–Crippen MR) is 166 cm³/mol. The van der Waals surface area contributed by atoms with Gasteiger partial charge in [-0.05, 0) is 69.7 Å². The molecule has 0 aliphatic rings. The second kappa shape index (κ2) is 12.6. The van der Waals surface area contributed by atoms with Gasteiger partial charge in [-0.25, -0.2) is 14.8 Å². The van der Waals surface area contributed by atoms with Gasteiger partial charge in [0.15, 0.2) is 6.10 Å². The Morgan fingerprint density at radius 1 is 0.738 bits per heavy atom. The largest absolute Gasteiger partial charge is 0.494 e. The third-order valence-corrected chi connectivity index (χ3v) is 6.90. The molecule has 0 spiro atoms. The van der Waals surface area contributed by atoms with Crippen LogP contribution in [0.2, 0.25) is 0 Å². The second-order valence-electron chi connectivity index (χ2n) is 10.1. The van der Waals surface area contributed by atoms with E-state index in [1.165, 1.54) is 0 Å². The number of amides is 1. The Morgan fingerprint density at radius 3 is 1.86 bits per heavy atom. The molecule has 0 saturated heterocycles. The minimum atomic E-state index is -0.960. The van der Waals surface area contributed by atoms with Crippen LogP contribution in [-0.4, -0.2) is 34.6 Å². The monoisotopic (exact) mass is 559 g/mol. The van der Waals surface area contributed by atoms with Crippen molar-refractivity contribution < 1.29 is 19.1 Å². The molecule has 0 aliphatic carbocycles. The Balaban J connectivity index is 1.41. The Labute approximate surface area is 245 Å². The second-order valence-corrected chi connectivity index (χ2v) is 10.1. The van der Waals surface area contributed by atoms with Crippen molar-refractivity contribution in [3.8, 4) is 28.3 Å². The fourth-order valence-corrected chi connectivity index (χ4v) is 4.55. The van der Waals surface area contributed by atoms with Crippen LogP contribution in [0.15, 0.2) is 91.0 Å². The van der Waals surface area contributed by atoms with Crippen LogP contribution in [0, 0.1) is 13.8 Å². The van der Waals surface area contributed by atoms with E-state index in [0.717, 1.165) is 33.6 Å². The van der Waals surface area contributed by atoms with Crippen molar-refractivity contribution >= 4 is 28.6 Å². The Kier molecular flexibility index (Phi) is 8.58. The minimum Gasteiger partial charge on any atom is -0.494 e. The zero-order valence-corrected chi connectivity index (χ0v) is 24.2. The summed E-state index contributed by atoms with van der Waals surface area (Å²) >= 11 is 0. The Hall–Kier alpha value is -5.04. The van der Waals surface area contributed by atoms with Crippen molar-refractivity contribution in [2.75, 3.05) is 11.9 Å². The van der Waals surface area contributed by atoms with Crippen molar-refractivity contribution in [1.82, 2.24) is 9.97 Å². The van der Waals surface area contributed by atoms with Gasteiger partial charge in [-0.3, -0.25) is 4.79 Å². The van der Waals surface area contributed by atoms with Gasteiger partial charge in [-0.1, -0.05) is 66.6 Å². The summed E-state index contributed by atoms with van der Waals surface area (Å²) in [7, 11) is 0. The summed E-state index contributed by atoms with van der Waals surface area (Å²) in [4.78, 5) is 36.0. The summed E-state index contributed by atoms with van der Waals surface area (Å²) in [6.45, 7) is 8.34. The molecule has 5 aromatic rings. The summed E-state index contributed by atoms with van der Waals surface area (Å²) in [5.74, 6) is -0.295. The third kappa shape index (κ3) is 6.47. The number of anilines is 1. The maximum atomic E-state index is 13.2. The van der Waals surface area contributed by atoms with E-state index in [1.54, 1.807) is 49.4 Å². The molecule has 0 fully saturated rings. The molecule has 1 amide bonds. The van der Waals surface area contributed by atoms with Gasteiger partial charge in [0.1, 0.15) is 5.75 Å². The van der Waals surface area contributed by atoms with Crippen LogP contribution in [0.25, 0.3) is 33.5 Å². The molecule has 1 aromatic heterocycles. The molecule has 1 N–H and O–H groups in total. The summed E-state index contributed by atoms with van der Waals surface area (Å²) in [5, 5.41) is 2.81. The van der Waals surface area contributed by atoms with E-state index in [0.29, 0.717) is 41.1 Å². The molecule has 212 valence electrons. The molecule has 1 heterocycles. The van der Waals surface area contributed by atoms with Crippen LogP contribution in [0.3, 0.4) is 0 Å². The number of carbonyl (C=O) groups excluding carboxylic acids is 2. The first-order valence-electron chi connectivity index (χ1n) is 14.0. The third-order valence-electron chi connectivity index (χ3n) is 6.90. The van der Waals surface area contributed by atoms with Crippen molar-refractivity contribution in [3.05, 3.63) is 108 Å².